The Balaban J connectivity index is 2.34. The van der Waals surface area contributed by atoms with Crippen LogP contribution in [0.5, 0.6) is 0 Å². The maximum Gasteiger partial charge on any atom is 0.417 e. The van der Waals surface area contributed by atoms with E-state index in [4.69, 9.17) is 5.11 Å². The van der Waals surface area contributed by atoms with Crippen molar-refractivity contribution in [3.05, 3.63) is 51.7 Å². The quantitative estimate of drug-likeness (QED) is 0.907. The van der Waals surface area contributed by atoms with E-state index in [1.54, 1.807) is 0 Å². The van der Waals surface area contributed by atoms with Crippen LogP contribution in [0, 0.1) is 0 Å². The van der Waals surface area contributed by atoms with Crippen molar-refractivity contribution in [1.29, 1.82) is 0 Å². The number of rotatable bonds is 3. The van der Waals surface area contributed by atoms with Gasteiger partial charge in [-0.1, -0.05) is 12.1 Å². The standard InChI is InChI=1S/C13H8F3NO3S/c14-13(15,16)8-4-2-1-3-7(8)11(18)17-9-5-6-21-10(9)12(19)20/h1-6H,(H,17,18)(H,19,20). The van der Waals surface area contributed by atoms with Crippen LogP contribution < -0.4 is 5.32 Å². The summed E-state index contributed by atoms with van der Waals surface area (Å²) in [5.41, 5.74) is -1.67. The highest BCUT2D eigenvalue weighted by Crippen LogP contribution is 2.32. The molecule has 1 aromatic heterocycles. The molecule has 0 fully saturated rings. The molecule has 0 radical (unpaired) electrons. The van der Waals surface area contributed by atoms with Crippen LogP contribution in [0.4, 0.5) is 18.9 Å². The Hall–Kier alpha value is -2.35. The number of benzene rings is 1. The molecule has 1 heterocycles. The molecular weight excluding hydrogens is 307 g/mol. The van der Waals surface area contributed by atoms with Crippen molar-refractivity contribution in [3.63, 3.8) is 0 Å². The molecule has 2 aromatic rings. The summed E-state index contributed by atoms with van der Waals surface area (Å²) in [6.45, 7) is 0. The van der Waals surface area contributed by atoms with Gasteiger partial charge in [-0.05, 0) is 23.6 Å². The van der Waals surface area contributed by atoms with Gasteiger partial charge >= 0.3 is 12.1 Å². The zero-order valence-corrected chi connectivity index (χ0v) is 11.1. The Labute approximate surface area is 120 Å². The SMILES string of the molecule is O=C(Nc1ccsc1C(=O)O)c1ccccc1C(F)(F)F. The molecule has 0 unspecified atom stereocenters. The van der Waals surface area contributed by atoms with Gasteiger partial charge in [-0.15, -0.1) is 11.3 Å². The second-order valence-corrected chi connectivity index (χ2v) is 4.88. The van der Waals surface area contributed by atoms with E-state index in [1.807, 2.05) is 0 Å². The Morgan fingerprint density at radius 1 is 1.14 bits per heavy atom. The average molecular weight is 315 g/mol. The van der Waals surface area contributed by atoms with Crippen molar-refractivity contribution in [3.8, 4) is 0 Å². The van der Waals surface area contributed by atoms with Crippen molar-refractivity contribution in [2.75, 3.05) is 5.32 Å². The van der Waals surface area contributed by atoms with E-state index in [2.05, 4.69) is 5.32 Å². The molecule has 2 rings (SSSR count). The van der Waals surface area contributed by atoms with Crippen LogP contribution in [0.25, 0.3) is 0 Å². The topological polar surface area (TPSA) is 66.4 Å². The first-order chi connectivity index (χ1) is 9.80. The minimum Gasteiger partial charge on any atom is -0.477 e. The largest absolute Gasteiger partial charge is 0.477 e. The van der Waals surface area contributed by atoms with Crippen LogP contribution in [0.15, 0.2) is 35.7 Å². The van der Waals surface area contributed by atoms with Gasteiger partial charge in [0.25, 0.3) is 5.91 Å². The van der Waals surface area contributed by atoms with Crippen molar-refractivity contribution in [1.82, 2.24) is 0 Å². The number of amides is 1. The van der Waals surface area contributed by atoms with Gasteiger partial charge < -0.3 is 10.4 Å². The van der Waals surface area contributed by atoms with Gasteiger partial charge in [-0.2, -0.15) is 13.2 Å². The second kappa shape index (κ2) is 5.57. The fourth-order valence-electron chi connectivity index (χ4n) is 1.69. The monoisotopic (exact) mass is 315 g/mol. The Bertz CT molecular complexity index is 694. The molecule has 2 N–H and O–H groups in total. The fourth-order valence-corrected chi connectivity index (χ4v) is 2.38. The molecule has 1 amide bonds. The highest BCUT2D eigenvalue weighted by molar-refractivity contribution is 7.12. The lowest BCUT2D eigenvalue weighted by Gasteiger charge is -2.12. The van der Waals surface area contributed by atoms with Crippen molar-refractivity contribution >= 4 is 28.9 Å². The third-order valence-electron chi connectivity index (χ3n) is 2.58. The van der Waals surface area contributed by atoms with Crippen LogP contribution in [-0.4, -0.2) is 17.0 Å². The Morgan fingerprint density at radius 2 is 1.81 bits per heavy atom. The number of carboxylic acid groups (broad SMARTS) is 1. The number of aromatic carboxylic acids is 1. The summed E-state index contributed by atoms with van der Waals surface area (Å²) in [5, 5.41) is 12.5. The van der Waals surface area contributed by atoms with Crippen molar-refractivity contribution in [2.24, 2.45) is 0 Å². The number of carboxylic acids is 1. The predicted octanol–water partition coefficient (Wildman–Crippen LogP) is 3.72. The van der Waals surface area contributed by atoms with E-state index in [9.17, 15) is 22.8 Å². The highest BCUT2D eigenvalue weighted by atomic mass is 32.1. The average Bonchev–Trinajstić information content (AvgIpc) is 2.86. The summed E-state index contributed by atoms with van der Waals surface area (Å²) in [7, 11) is 0. The fraction of sp³-hybridized carbons (Fsp3) is 0.0769. The Morgan fingerprint density at radius 3 is 2.43 bits per heavy atom. The Kier molecular flexibility index (Phi) is 3.99. The maximum absolute atomic E-state index is 12.8. The first kappa shape index (κ1) is 15.0. The van der Waals surface area contributed by atoms with E-state index in [1.165, 1.54) is 23.6 Å². The summed E-state index contributed by atoms with van der Waals surface area (Å²) in [6, 6.07) is 5.62. The highest BCUT2D eigenvalue weighted by Gasteiger charge is 2.35. The molecule has 0 spiro atoms. The van der Waals surface area contributed by atoms with E-state index >= 15 is 0 Å². The van der Waals surface area contributed by atoms with Gasteiger partial charge in [0.05, 0.1) is 16.8 Å². The normalized spacial score (nSPS) is 11.2. The van der Waals surface area contributed by atoms with Crippen molar-refractivity contribution < 1.29 is 27.9 Å². The number of alkyl halides is 3. The number of hydrogen-bond acceptors (Lipinski definition) is 3. The van der Waals surface area contributed by atoms with Gasteiger partial charge in [-0.25, -0.2) is 4.79 Å². The molecular formula is C13H8F3NO3S. The maximum atomic E-state index is 12.8. The number of thiophene rings is 1. The van der Waals surface area contributed by atoms with Crippen LogP contribution in [0.3, 0.4) is 0 Å². The number of carbonyl (C=O) groups is 2. The molecule has 0 saturated heterocycles. The first-order valence-corrected chi connectivity index (χ1v) is 6.47. The molecule has 8 heteroatoms. The molecule has 0 bridgehead atoms. The van der Waals surface area contributed by atoms with Crippen LogP contribution in [0.2, 0.25) is 0 Å². The zero-order chi connectivity index (χ0) is 15.6. The lowest BCUT2D eigenvalue weighted by molar-refractivity contribution is -0.137. The molecule has 110 valence electrons. The van der Waals surface area contributed by atoms with Gasteiger partial charge in [0, 0.05) is 0 Å². The molecule has 0 saturated carbocycles. The summed E-state index contributed by atoms with van der Waals surface area (Å²) in [4.78, 5) is 22.7. The molecule has 4 nitrogen and oxygen atoms in total. The van der Waals surface area contributed by atoms with E-state index in [0.717, 1.165) is 23.5 Å². The molecule has 21 heavy (non-hydrogen) atoms. The smallest absolute Gasteiger partial charge is 0.417 e. The van der Waals surface area contributed by atoms with E-state index in [-0.39, 0.29) is 10.6 Å². The van der Waals surface area contributed by atoms with Crippen molar-refractivity contribution in [2.45, 2.75) is 6.18 Å². The zero-order valence-electron chi connectivity index (χ0n) is 10.3. The number of carbonyl (C=O) groups excluding carboxylic acids is 1. The minimum atomic E-state index is -4.67. The van der Waals surface area contributed by atoms with Gasteiger partial charge in [0.2, 0.25) is 0 Å². The number of hydrogen-bond donors (Lipinski definition) is 2. The van der Waals surface area contributed by atoms with E-state index < -0.39 is 29.2 Å². The van der Waals surface area contributed by atoms with Gasteiger partial charge in [0.1, 0.15) is 4.88 Å². The summed E-state index contributed by atoms with van der Waals surface area (Å²) < 4.78 is 38.5. The summed E-state index contributed by atoms with van der Waals surface area (Å²) >= 11 is 0.868. The molecule has 0 aliphatic heterocycles. The summed E-state index contributed by atoms with van der Waals surface area (Å²) in [5.74, 6) is -2.27. The minimum absolute atomic E-state index is 0.0329. The molecule has 0 atom stereocenters. The van der Waals surface area contributed by atoms with E-state index in [0.29, 0.717) is 0 Å². The lowest BCUT2D eigenvalue weighted by atomic mass is 10.1. The van der Waals surface area contributed by atoms with Gasteiger partial charge in [-0.3, -0.25) is 4.79 Å². The third kappa shape index (κ3) is 3.22. The summed E-state index contributed by atoms with van der Waals surface area (Å²) in [6.07, 6.45) is -4.67. The first-order valence-electron chi connectivity index (χ1n) is 5.59. The lowest BCUT2D eigenvalue weighted by Crippen LogP contribution is -2.19. The molecule has 0 aliphatic carbocycles. The number of anilines is 1. The molecule has 0 aliphatic rings. The number of halogens is 3. The third-order valence-corrected chi connectivity index (χ3v) is 3.49. The van der Waals surface area contributed by atoms with Crippen LogP contribution >= 0.6 is 11.3 Å². The van der Waals surface area contributed by atoms with Crippen LogP contribution in [0.1, 0.15) is 25.6 Å². The predicted molar refractivity (Wildman–Crippen MR) is 70.7 cm³/mol. The van der Waals surface area contributed by atoms with Gasteiger partial charge in [0.15, 0.2) is 0 Å². The number of nitrogens with one attached hydrogen (secondary N) is 1. The second-order valence-electron chi connectivity index (χ2n) is 3.97. The molecule has 1 aromatic carbocycles. The van der Waals surface area contributed by atoms with Crippen LogP contribution in [-0.2, 0) is 6.18 Å².